The van der Waals surface area contributed by atoms with Gasteiger partial charge in [-0.05, 0) is 25.2 Å². The van der Waals surface area contributed by atoms with Crippen molar-refractivity contribution in [3.05, 3.63) is 16.1 Å². The third kappa shape index (κ3) is 3.53. The number of carbonyl (C=O) groups is 2. The fourth-order valence-corrected chi connectivity index (χ4v) is 3.53. The smallest absolute Gasteiger partial charge is 0.327 e. The summed E-state index contributed by atoms with van der Waals surface area (Å²) in [6.45, 7) is 6.50. The SMILES string of the molecule is Cc1csc(CNC(=O)N2CCCC(C)(C)C2C(=O)O)n1. The van der Waals surface area contributed by atoms with E-state index in [0.717, 1.165) is 23.5 Å². The minimum absolute atomic E-state index is 0.331. The molecule has 2 amide bonds. The van der Waals surface area contributed by atoms with Crippen LogP contribution in [-0.4, -0.2) is 39.6 Å². The summed E-state index contributed by atoms with van der Waals surface area (Å²) < 4.78 is 0. The molecule has 1 aromatic heterocycles. The summed E-state index contributed by atoms with van der Waals surface area (Å²) in [5.74, 6) is -0.944. The highest BCUT2D eigenvalue weighted by Crippen LogP contribution is 2.35. The van der Waals surface area contributed by atoms with Crippen molar-refractivity contribution >= 4 is 23.3 Å². The van der Waals surface area contributed by atoms with Crippen LogP contribution in [0.1, 0.15) is 37.4 Å². The summed E-state index contributed by atoms with van der Waals surface area (Å²) in [6, 6.07) is -1.12. The summed E-state index contributed by atoms with van der Waals surface area (Å²) in [4.78, 5) is 29.6. The van der Waals surface area contributed by atoms with E-state index in [1.807, 2.05) is 26.2 Å². The van der Waals surface area contributed by atoms with Crippen molar-refractivity contribution in [1.29, 1.82) is 0 Å². The van der Waals surface area contributed by atoms with Crippen molar-refractivity contribution in [2.75, 3.05) is 6.54 Å². The number of rotatable bonds is 3. The molecule has 1 aromatic rings. The number of likely N-dealkylation sites (tertiary alicyclic amines) is 1. The molecule has 1 fully saturated rings. The predicted molar refractivity (Wildman–Crippen MR) is 80.2 cm³/mol. The molecule has 1 unspecified atom stereocenters. The molecule has 0 aromatic carbocycles. The lowest BCUT2D eigenvalue weighted by Crippen LogP contribution is -2.58. The molecule has 1 aliphatic rings. The summed E-state index contributed by atoms with van der Waals surface area (Å²) in [6.07, 6.45) is 1.62. The molecular formula is C14H21N3O3S. The van der Waals surface area contributed by atoms with Gasteiger partial charge in [0.1, 0.15) is 11.0 Å². The van der Waals surface area contributed by atoms with E-state index in [-0.39, 0.29) is 6.03 Å². The molecule has 1 atom stereocenters. The lowest BCUT2D eigenvalue weighted by Gasteiger charge is -2.43. The van der Waals surface area contributed by atoms with Crippen LogP contribution >= 0.6 is 11.3 Å². The highest BCUT2D eigenvalue weighted by atomic mass is 32.1. The van der Waals surface area contributed by atoms with E-state index in [1.54, 1.807) is 0 Å². The number of nitrogens with zero attached hydrogens (tertiary/aromatic N) is 2. The van der Waals surface area contributed by atoms with E-state index >= 15 is 0 Å². The van der Waals surface area contributed by atoms with Crippen LogP contribution in [0.4, 0.5) is 4.79 Å². The van der Waals surface area contributed by atoms with E-state index < -0.39 is 17.4 Å². The number of thiazole rings is 1. The second kappa shape index (κ2) is 6.01. The number of carboxylic acids is 1. The number of nitrogens with one attached hydrogen (secondary N) is 1. The minimum atomic E-state index is -0.944. The maximum Gasteiger partial charge on any atom is 0.327 e. The number of hydrogen-bond donors (Lipinski definition) is 2. The van der Waals surface area contributed by atoms with Crippen LogP contribution in [0, 0.1) is 12.3 Å². The number of aliphatic carboxylic acids is 1. The van der Waals surface area contributed by atoms with Gasteiger partial charge in [-0.25, -0.2) is 14.6 Å². The lowest BCUT2D eigenvalue weighted by molar-refractivity contribution is -0.148. The third-order valence-electron chi connectivity index (χ3n) is 3.82. The van der Waals surface area contributed by atoms with E-state index in [4.69, 9.17) is 0 Å². The minimum Gasteiger partial charge on any atom is -0.480 e. The van der Waals surface area contributed by atoms with Gasteiger partial charge in [0, 0.05) is 17.6 Å². The first-order valence-corrected chi connectivity index (χ1v) is 7.87. The predicted octanol–water partition coefficient (Wildman–Crippen LogP) is 2.24. The van der Waals surface area contributed by atoms with Crippen molar-refractivity contribution in [3.8, 4) is 0 Å². The van der Waals surface area contributed by atoms with Gasteiger partial charge < -0.3 is 15.3 Å². The van der Waals surface area contributed by atoms with Gasteiger partial charge in [0.05, 0.1) is 6.54 Å². The standard InChI is InChI=1S/C14H21N3O3S/c1-9-8-21-10(16-9)7-15-13(20)17-6-4-5-14(2,3)11(17)12(18)19/h8,11H,4-7H2,1-3H3,(H,15,20)(H,18,19). The first-order chi connectivity index (χ1) is 9.81. The Kier molecular flexibility index (Phi) is 4.51. The van der Waals surface area contributed by atoms with E-state index in [1.165, 1.54) is 16.2 Å². The van der Waals surface area contributed by atoms with Crippen molar-refractivity contribution in [1.82, 2.24) is 15.2 Å². The Bertz CT molecular complexity index is 541. The molecule has 0 radical (unpaired) electrons. The maximum atomic E-state index is 12.3. The van der Waals surface area contributed by atoms with Crippen LogP contribution < -0.4 is 5.32 Å². The molecule has 2 heterocycles. The molecule has 0 aliphatic carbocycles. The Morgan fingerprint density at radius 1 is 1.57 bits per heavy atom. The third-order valence-corrected chi connectivity index (χ3v) is 4.79. The van der Waals surface area contributed by atoms with Crippen LogP contribution in [0.15, 0.2) is 5.38 Å². The van der Waals surface area contributed by atoms with Gasteiger partial charge in [-0.3, -0.25) is 0 Å². The number of piperidine rings is 1. The van der Waals surface area contributed by atoms with E-state index in [9.17, 15) is 14.7 Å². The number of aromatic nitrogens is 1. The van der Waals surface area contributed by atoms with Crippen molar-refractivity contribution < 1.29 is 14.7 Å². The number of carboxylic acid groups (broad SMARTS) is 1. The van der Waals surface area contributed by atoms with Crippen LogP contribution in [0.3, 0.4) is 0 Å². The molecule has 1 aliphatic heterocycles. The molecule has 2 N–H and O–H groups in total. The number of amides is 2. The Hall–Kier alpha value is -1.63. The molecule has 0 bridgehead atoms. The van der Waals surface area contributed by atoms with Crippen molar-refractivity contribution in [2.24, 2.45) is 5.41 Å². The lowest BCUT2D eigenvalue weighted by atomic mass is 9.76. The van der Waals surface area contributed by atoms with E-state index in [0.29, 0.717) is 13.1 Å². The molecule has 21 heavy (non-hydrogen) atoms. The Morgan fingerprint density at radius 3 is 2.86 bits per heavy atom. The number of aryl methyl sites for hydroxylation is 1. The number of hydrogen-bond acceptors (Lipinski definition) is 4. The Balaban J connectivity index is 2.04. The second-order valence-electron chi connectivity index (χ2n) is 6.07. The maximum absolute atomic E-state index is 12.3. The van der Waals surface area contributed by atoms with Crippen LogP contribution in [0.5, 0.6) is 0 Å². The molecule has 0 spiro atoms. The second-order valence-corrected chi connectivity index (χ2v) is 7.01. The average Bonchev–Trinajstić information content (AvgIpc) is 2.79. The van der Waals surface area contributed by atoms with Gasteiger partial charge in [0.2, 0.25) is 0 Å². The summed E-state index contributed by atoms with van der Waals surface area (Å²) in [5, 5.41) is 15.0. The molecule has 6 nitrogen and oxygen atoms in total. The van der Waals surface area contributed by atoms with E-state index in [2.05, 4.69) is 10.3 Å². The van der Waals surface area contributed by atoms with Crippen molar-refractivity contribution in [2.45, 2.75) is 46.2 Å². The monoisotopic (exact) mass is 311 g/mol. The largest absolute Gasteiger partial charge is 0.480 e. The summed E-state index contributed by atoms with van der Waals surface area (Å²) >= 11 is 1.48. The fraction of sp³-hybridized carbons (Fsp3) is 0.643. The molecule has 0 saturated carbocycles. The highest BCUT2D eigenvalue weighted by Gasteiger charge is 2.44. The zero-order valence-electron chi connectivity index (χ0n) is 12.5. The van der Waals surface area contributed by atoms with Gasteiger partial charge in [0.15, 0.2) is 0 Å². The average molecular weight is 311 g/mol. The fourth-order valence-electron chi connectivity index (χ4n) is 2.82. The van der Waals surface area contributed by atoms with Gasteiger partial charge >= 0.3 is 12.0 Å². The van der Waals surface area contributed by atoms with Crippen LogP contribution in [0.25, 0.3) is 0 Å². The molecule has 2 rings (SSSR count). The van der Waals surface area contributed by atoms with Crippen LogP contribution in [-0.2, 0) is 11.3 Å². The quantitative estimate of drug-likeness (QED) is 0.897. The first kappa shape index (κ1) is 15.8. The summed E-state index contributed by atoms with van der Waals surface area (Å²) in [5.41, 5.74) is 0.505. The molecular weight excluding hydrogens is 290 g/mol. The highest BCUT2D eigenvalue weighted by molar-refractivity contribution is 7.09. The van der Waals surface area contributed by atoms with Crippen LogP contribution in [0.2, 0.25) is 0 Å². The normalized spacial score (nSPS) is 21.1. The molecule has 7 heteroatoms. The van der Waals surface area contributed by atoms with Crippen molar-refractivity contribution in [3.63, 3.8) is 0 Å². The topological polar surface area (TPSA) is 82.5 Å². The van der Waals surface area contributed by atoms with Gasteiger partial charge in [-0.15, -0.1) is 11.3 Å². The molecule has 116 valence electrons. The summed E-state index contributed by atoms with van der Waals surface area (Å²) in [7, 11) is 0. The number of urea groups is 1. The zero-order chi connectivity index (χ0) is 15.6. The Labute approximate surface area is 128 Å². The molecule has 1 saturated heterocycles. The first-order valence-electron chi connectivity index (χ1n) is 6.99. The van der Waals surface area contributed by atoms with Gasteiger partial charge in [0.25, 0.3) is 0 Å². The van der Waals surface area contributed by atoms with Gasteiger partial charge in [-0.2, -0.15) is 0 Å². The Morgan fingerprint density at radius 2 is 2.29 bits per heavy atom. The van der Waals surface area contributed by atoms with Gasteiger partial charge in [-0.1, -0.05) is 13.8 Å². The zero-order valence-corrected chi connectivity index (χ0v) is 13.4. The number of carbonyl (C=O) groups excluding carboxylic acids is 1.